The van der Waals surface area contributed by atoms with Gasteiger partial charge >= 0.3 is 0 Å². The first-order valence-corrected chi connectivity index (χ1v) is 11.1. The summed E-state index contributed by atoms with van der Waals surface area (Å²) in [5, 5.41) is 19.8. The van der Waals surface area contributed by atoms with Gasteiger partial charge in [-0.3, -0.25) is 10.1 Å². The number of rotatable bonds is 5. The molecular weight excluding hydrogens is 454 g/mol. The zero-order valence-electron chi connectivity index (χ0n) is 17.0. The van der Waals surface area contributed by atoms with Crippen molar-refractivity contribution in [1.82, 2.24) is 4.68 Å². The van der Waals surface area contributed by atoms with Gasteiger partial charge in [0.15, 0.2) is 5.82 Å². The highest BCUT2D eigenvalue weighted by molar-refractivity contribution is 7.14. The topological polar surface area (TPSA) is 72.8 Å². The monoisotopic (exact) mass is 470 g/mol. The second-order valence-electron chi connectivity index (χ2n) is 6.84. The molecule has 0 atom stereocenters. The van der Waals surface area contributed by atoms with E-state index in [1.54, 1.807) is 30.7 Å². The van der Waals surface area contributed by atoms with Crippen molar-refractivity contribution < 1.29 is 13.7 Å². The van der Waals surface area contributed by atoms with Crippen molar-refractivity contribution in [2.24, 2.45) is 10.1 Å². The molecule has 0 N–H and O–H groups in total. The average Bonchev–Trinajstić information content (AvgIpc) is 3.40. The number of thiazole rings is 1. The Hall–Kier alpha value is -3.50. The maximum absolute atomic E-state index is 14.2. The first-order chi connectivity index (χ1) is 15.3. The Morgan fingerprint density at radius 1 is 1.12 bits per heavy atom. The molecule has 0 aliphatic heterocycles. The Labute approximate surface area is 189 Å². The second-order valence-corrected chi connectivity index (χ2v) is 8.63. The fourth-order valence-corrected chi connectivity index (χ4v) is 4.62. The predicted molar refractivity (Wildman–Crippen MR) is 123 cm³/mol. The molecule has 0 saturated heterocycles. The summed E-state index contributed by atoms with van der Waals surface area (Å²) in [5.74, 6) is -1.47. The van der Waals surface area contributed by atoms with Gasteiger partial charge in [-0.15, -0.1) is 22.7 Å². The third kappa shape index (κ3) is 4.41. The number of hydrogen-bond donors (Lipinski definition) is 0. The van der Waals surface area contributed by atoms with Crippen molar-refractivity contribution in [3.05, 3.63) is 97.0 Å². The second kappa shape index (κ2) is 8.93. The van der Waals surface area contributed by atoms with E-state index in [-0.39, 0.29) is 11.4 Å². The highest BCUT2D eigenvalue weighted by Crippen LogP contribution is 2.27. The van der Waals surface area contributed by atoms with Crippen LogP contribution in [0.4, 0.5) is 20.2 Å². The molecule has 0 saturated carbocycles. The number of aryl methyl sites for hydroxylation is 1. The third-order valence-electron chi connectivity index (χ3n) is 4.66. The van der Waals surface area contributed by atoms with Gasteiger partial charge in [0.2, 0.25) is 4.80 Å². The molecule has 0 bridgehead atoms. The number of hydrogen-bond acceptors (Lipinski definition) is 6. The maximum atomic E-state index is 14.2. The summed E-state index contributed by atoms with van der Waals surface area (Å²) >= 11 is 2.77. The summed E-state index contributed by atoms with van der Waals surface area (Å²) in [6.07, 6.45) is 0. The van der Waals surface area contributed by atoms with Crippen LogP contribution in [0.15, 0.2) is 69.4 Å². The predicted octanol–water partition coefficient (Wildman–Crippen LogP) is 6.28. The number of nitrogens with zero attached hydrogens (tertiary/aromatic N) is 4. The first-order valence-electron chi connectivity index (χ1n) is 9.38. The van der Waals surface area contributed by atoms with Crippen LogP contribution in [0.1, 0.15) is 18.1 Å². The molecule has 0 amide bonds. The summed E-state index contributed by atoms with van der Waals surface area (Å²) in [7, 11) is 0. The molecule has 0 aliphatic carbocycles. The summed E-state index contributed by atoms with van der Waals surface area (Å²) < 4.78 is 29.0. The molecule has 2 aromatic carbocycles. The molecule has 0 aliphatic rings. The van der Waals surface area contributed by atoms with Crippen LogP contribution >= 0.6 is 22.7 Å². The Kier molecular flexibility index (Phi) is 6.06. The largest absolute Gasteiger partial charge is 0.272 e. The smallest absolute Gasteiger partial charge is 0.258 e. The van der Waals surface area contributed by atoms with E-state index in [0.29, 0.717) is 21.6 Å². The van der Waals surface area contributed by atoms with E-state index >= 15 is 0 Å². The minimum absolute atomic E-state index is 0.00384. The molecular formula is C22H16F2N4O2S2. The van der Waals surface area contributed by atoms with Crippen LogP contribution in [-0.4, -0.2) is 15.3 Å². The number of nitro groups is 1. The Bertz CT molecular complexity index is 1410. The number of thiophene rings is 1. The van der Waals surface area contributed by atoms with Gasteiger partial charge in [-0.2, -0.15) is 5.10 Å². The molecule has 2 heterocycles. The van der Waals surface area contributed by atoms with E-state index in [9.17, 15) is 18.9 Å². The average molecular weight is 471 g/mol. The number of benzene rings is 2. The first kappa shape index (κ1) is 21.7. The van der Waals surface area contributed by atoms with Crippen LogP contribution < -0.4 is 4.80 Å². The zero-order valence-corrected chi connectivity index (χ0v) is 18.6. The normalized spacial score (nSPS) is 12.4. The lowest BCUT2D eigenvalue weighted by molar-refractivity contribution is -0.385. The van der Waals surface area contributed by atoms with E-state index in [1.807, 2.05) is 22.9 Å². The quantitative estimate of drug-likeness (QED) is 0.196. The van der Waals surface area contributed by atoms with Crippen LogP contribution in [0, 0.1) is 28.7 Å². The lowest BCUT2D eigenvalue weighted by Crippen LogP contribution is -2.14. The molecule has 0 radical (unpaired) electrons. The molecule has 32 heavy (non-hydrogen) atoms. The fourth-order valence-electron chi connectivity index (χ4n) is 2.98. The molecule has 6 nitrogen and oxygen atoms in total. The van der Waals surface area contributed by atoms with E-state index in [1.165, 1.54) is 34.8 Å². The SMILES string of the molecule is CC(=Nn1c(-c2cccs2)csc1=Nc1ccc(F)cc1F)c1ccc(C)c([N+](=O)[O-])c1. The van der Waals surface area contributed by atoms with E-state index in [0.717, 1.165) is 22.7 Å². The molecule has 162 valence electrons. The van der Waals surface area contributed by atoms with Gasteiger partial charge < -0.3 is 0 Å². The van der Waals surface area contributed by atoms with Crippen molar-refractivity contribution in [1.29, 1.82) is 0 Å². The molecule has 4 rings (SSSR count). The highest BCUT2D eigenvalue weighted by Gasteiger charge is 2.14. The highest BCUT2D eigenvalue weighted by atomic mass is 32.1. The van der Waals surface area contributed by atoms with Crippen molar-refractivity contribution >= 4 is 39.8 Å². The molecule has 0 unspecified atom stereocenters. The molecule has 0 spiro atoms. The lowest BCUT2D eigenvalue weighted by atomic mass is 10.1. The molecule has 4 aromatic rings. The summed E-state index contributed by atoms with van der Waals surface area (Å²) in [6, 6.07) is 11.9. The Morgan fingerprint density at radius 3 is 2.62 bits per heavy atom. The van der Waals surface area contributed by atoms with Crippen molar-refractivity contribution in [3.8, 4) is 10.6 Å². The van der Waals surface area contributed by atoms with Crippen LogP contribution in [0.2, 0.25) is 0 Å². The van der Waals surface area contributed by atoms with Gasteiger partial charge in [-0.25, -0.2) is 18.4 Å². The van der Waals surface area contributed by atoms with E-state index < -0.39 is 16.6 Å². The standard InChI is InChI=1S/C22H16F2N4O2S2/c1-13-5-6-15(10-19(13)28(29)30)14(2)26-27-20(21-4-3-9-31-21)12-32-22(27)25-18-8-7-16(23)11-17(18)24/h3-12H,1-2H3. The molecule has 10 heteroatoms. The van der Waals surface area contributed by atoms with Crippen molar-refractivity contribution in [2.45, 2.75) is 13.8 Å². The summed E-state index contributed by atoms with van der Waals surface area (Å²) in [4.78, 5) is 16.5. The Morgan fingerprint density at radius 2 is 1.94 bits per heavy atom. The summed E-state index contributed by atoms with van der Waals surface area (Å²) in [6.45, 7) is 3.41. The lowest BCUT2D eigenvalue weighted by Gasteiger charge is -2.06. The van der Waals surface area contributed by atoms with Crippen LogP contribution in [0.25, 0.3) is 10.6 Å². The van der Waals surface area contributed by atoms with Gasteiger partial charge in [0.05, 0.1) is 21.2 Å². The third-order valence-corrected chi connectivity index (χ3v) is 6.37. The van der Waals surface area contributed by atoms with Crippen molar-refractivity contribution in [2.75, 3.05) is 0 Å². The van der Waals surface area contributed by atoms with Gasteiger partial charge in [0.25, 0.3) is 5.69 Å². The van der Waals surface area contributed by atoms with Gasteiger partial charge in [0.1, 0.15) is 11.5 Å². The van der Waals surface area contributed by atoms with E-state index in [4.69, 9.17) is 0 Å². The van der Waals surface area contributed by atoms with Crippen LogP contribution in [0.5, 0.6) is 0 Å². The fraction of sp³-hybridized carbons (Fsp3) is 0.0909. The number of halogens is 2. The Balaban J connectivity index is 1.89. The van der Waals surface area contributed by atoms with Gasteiger partial charge in [0, 0.05) is 28.6 Å². The van der Waals surface area contributed by atoms with Gasteiger partial charge in [-0.1, -0.05) is 18.2 Å². The van der Waals surface area contributed by atoms with Crippen LogP contribution in [0.3, 0.4) is 0 Å². The van der Waals surface area contributed by atoms with Gasteiger partial charge in [-0.05, 0) is 37.4 Å². The zero-order chi connectivity index (χ0) is 22.8. The minimum atomic E-state index is -0.780. The van der Waals surface area contributed by atoms with E-state index in [2.05, 4.69) is 10.1 Å². The van der Waals surface area contributed by atoms with Crippen molar-refractivity contribution in [3.63, 3.8) is 0 Å². The summed E-state index contributed by atoms with van der Waals surface area (Å²) in [5.41, 5.74) is 2.38. The number of aromatic nitrogens is 1. The van der Waals surface area contributed by atoms with Crippen LogP contribution in [-0.2, 0) is 0 Å². The molecule has 0 fully saturated rings. The number of nitro benzene ring substituents is 1. The molecule has 2 aromatic heterocycles. The maximum Gasteiger partial charge on any atom is 0.272 e. The minimum Gasteiger partial charge on any atom is -0.258 e.